The van der Waals surface area contributed by atoms with Crippen LogP contribution in [0.3, 0.4) is 0 Å². The Morgan fingerprint density at radius 2 is 2.00 bits per heavy atom. The molecule has 0 saturated carbocycles. The Labute approximate surface area is 123 Å². The molecular formula is C14H16ClN3O2. The second-order valence-electron chi connectivity index (χ2n) is 4.16. The van der Waals surface area contributed by atoms with Gasteiger partial charge in [0.2, 0.25) is 0 Å². The van der Waals surface area contributed by atoms with Crippen LogP contribution in [0, 0.1) is 0 Å². The zero-order valence-electron chi connectivity index (χ0n) is 11.6. The summed E-state index contributed by atoms with van der Waals surface area (Å²) in [6.45, 7) is 0.319. The van der Waals surface area contributed by atoms with Crippen molar-refractivity contribution in [2.75, 3.05) is 26.2 Å². The summed E-state index contributed by atoms with van der Waals surface area (Å²) in [7, 11) is 5.14. The van der Waals surface area contributed by atoms with E-state index in [9.17, 15) is 0 Å². The van der Waals surface area contributed by atoms with E-state index in [-0.39, 0.29) is 0 Å². The molecule has 1 aromatic heterocycles. The molecule has 2 aromatic rings. The van der Waals surface area contributed by atoms with Crippen molar-refractivity contribution in [3.8, 4) is 5.75 Å². The molecule has 0 fully saturated rings. The number of hydrogen-bond donors (Lipinski definition) is 0. The van der Waals surface area contributed by atoms with Gasteiger partial charge in [-0.25, -0.2) is 9.97 Å². The van der Waals surface area contributed by atoms with E-state index in [0.717, 1.165) is 11.4 Å². The van der Waals surface area contributed by atoms with Crippen molar-refractivity contribution in [3.63, 3.8) is 0 Å². The lowest BCUT2D eigenvalue weighted by Crippen LogP contribution is -2.13. The first-order valence-electron chi connectivity index (χ1n) is 6.04. The summed E-state index contributed by atoms with van der Waals surface area (Å²) in [5.41, 5.74) is 0.947. The highest BCUT2D eigenvalue weighted by Crippen LogP contribution is 2.26. The third-order valence-electron chi connectivity index (χ3n) is 2.79. The molecule has 0 aliphatic rings. The average Bonchev–Trinajstić information content (AvgIpc) is 2.46. The third-order valence-corrected chi connectivity index (χ3v) is 2.98. The van der Waals surface area contributed by atoms with Crippen LogP contribution < -0.4 is 9.64 Å². The maximum Gasteiger partial charge on any atom is 0.158 e. The molecule has 2 rings (SSSR count). The Morgan fingerprint density at radius 3 is 2.70 bits per heavy atom. The molecule has 1 heterocycles. The molecule has 106 valence electrons. The van der Waals surface area contributed by atoms with Crippen molar-refractivity contribution in [3.05, 3.63) is 41.3 Å². The number of anilines is 2. The quantitative estimate of drug-likeness (QED) is 0.793. The molecule has 6 heteroatoms. The fourth-order valence-corrected chi connectivity index (χ4v) is 1.96. The van der Waals surface area contributed by atoms with E-state index in [4.69, 9.17) is 21.1 Å². The SMILES string of the molecule is COCc1nc(Cl)cc(N(C)c2cccc(OC)c2)n1. The lowest BCUT2D eigenvalue weighted by molar-refractivity contribution is 0.178. The highest BCUT2D eigenvalue weighted by atomic mass is 35.5. The third kappa shape index (κ3) is 3.37. The molecule has 0 atom stereocenters. The topological polar surface area (TPSA) is 47.5 Å². The Hall–Kier alpha value is -1.85. The summed E-state index contributed by atoms with van der Waals surface area (Å²) in [6.07, 6.45) is 0. The molecule has 0 bridgehead atoms. The number of nitrogens with zero attached hydrogens (tertiary/aromatic N) is 3. The summed E-state index contributed by atoms with van der Waals surface area (Å²) in [6, 6.07) is 9.41. The molecule has 20 heavy (non-hydrogen) atoms. The first-order chi connectivity index (χ1) is 9.63. The number of hydrogen-bond acceptors (Lipinski definition) is 5. The zero-order chi connectivity index (χ0) is 14.5. The molecule has 0 aliphatic carbocycles. The minimum atomic E-state index is 0.319. The van der Waals surface area contributed by atoms with E-state index in [2.05, 4.69) is 9.97 Å². The molecule has 0 radical (unpaired) electrons. The Bertz CT molecular complexity index is 592. The van der Waals surface area contributed by atoms with Gasteiger partial charge < -0.3 is 14.4 Å². The molecule has 0 amide bonds. The van der Waals surface area contributed by atoms with Crippen LogP contribution in [0.5, 0.6) is 5.75 Å². The van der Waals surface area contributed by atoms with Gasteiger partial charge in [0, 0.05) is 32.0 Å². The van der Waals surface area contributed by atoms with Gasteiger partial charge in [-0.05, 0) is 12.1 Å². The molecule has 0 N–H and O–H groups in total. The van der Waals surface area contributed by atoms with Gasteiger partial charge in [-0.2, -0.15) is 0 Å². The van der Waals surface area contributed by atoms with E-state index in [0.29, 0.717) is 23.4 Å². The molecule has 0 saturated heterocycles. The van der Waals surface area contributed by atoms with Gasteiger partial charge >= 0.3 is 0 Å². The Balaban J connectivity index is 2.34. The van der Waals surface area contributed by atoms with Crippen molar-refractivity contribution in [1.82, 2.24) is 9.97 Å². The molecule has 0 aliphatic heterocycles. The number of methoxy groups -OCH3 is 2. The summed E-state index contributed by atoms with van der Waals surface area (Å²) in [5, 5.41) is 0.386. The fraction of sp³-hybridized carbons (Fsp3) is 0.286. The fourth-order valence-electron chi connectivity index (χ4n) is 1.77. The summed E-state index contributed by atoms with van der Waals surface area (Å²) in [4.78, 5) is 10.4. The van der Waals surface area contributed by atoms with Gasteiger partial charge in [-0.1, -0.05) is 17.7 Å². The van der Waals surface area contributed by atoms with Crippen molar-refractivity contribution < 1.29 is 9.47 Å². The first-order valence-corrected chi connectivity index (χ1v) is 6.42. The Kier molecular flexibility index (Phi) is 4.76. The van der Waals surface area contributed by atoms with Crippen molar-refractivity contribution in [2.45, 2.75) is 6.61 Å². The number of aromatic nitrogens is 2. The minimum Gasteiger partial charge on any atom is -0.497 e. The monoisotopic (exact) mass is 293 g/mol. The largest absolute Gasteiger partial charge is 0.497 e. The van der Waals surface area contributed by atoms with Gasteiger partial charge in [0.15, 0.2) is 5.82 Å². The van der Waals surface area contributed by atoms with Crippen molar-refractivity contribution in [2.24, 2.45) is 0 Å². The maximum absolute atomic E-state index is 6.02. The van der Waals surface area contributed by atoms with Gasteiger partial charge in [-0.3, -0.25) is 0 Å². The normalized spacial score (nSPS) is 10.4. The molecule has 5 nitrogen and oxygen atoms in total. The summed E-state index contributed by atoms with van der Waals surface area (Å²) in [5.74, 6) is 2.03. The maximum atomic E-state index is 6.02. The lowest BCUT2D eigenvalue weighted by atomic mass is 10.3. The van der Waals surface area contributed by atoms with Crippen LogP contribution in [0.2, 0.25) is 5.15 Å². The molecule has 0 unspecified atom stereocenters. The number of halogens is 1. The second kappa shape index (κ2) is 6.54. The van der Waals surface area contributed by atoms with Crippen molar-refractivity contribution >= 4 is 23.1 Å². The molecule has 0 spiro atoms. The first kappa shape index (κ1) is 14.6. The average molecular weight is 294 g/mol. The second-order valence-corrected chi connectivity index (χ2v) is 4.55. The van der Waals surface area contributed by atoms with Crippen LogP contribution in [-0.2, 0) is 11.3 Å². The predicted molar refractivity (Wildman–Crippen MR) is 78.8 cm³/mol. The van der Waals surface area contributed by atoms with Gasteiger partial charge in [0.05, 0.1) is 7.11 Å². The lowest BCUT2D eigenvalue weighted by Gasteiger charge is -2.19. The Morgan fingerprint density at radius 1 is 1.20 bits per heavy atom. The van der Waals surface area contributed by atoms with Gasteiger partial charge in [0.25, 0.3) is 0 Å². The van der Waals surface area contributed by atoms with E-state index in [1.165, 1.54) is 0 Å². The predicted octanol–water partition coefficient (Wildman–Crippen LogP) is 3.05. The zero-order valence-corrected chi connectivity index (χ0v) is 12.4. The molecule has 1 aromatic carbocycles. The number of rotatable bonds is 5. The van der Waals surface area contributed by atoms with Gasteiger partial charge in [-0.15, -0.1) is 0 Å². The van der Waals surface area contributed by atoms with Crippen LogP contribution in [-0.4, -0.2) is 31.2 Å². The van der Waals surface area contributed by atoms with Crippen LogP contribution in [0.25, 0.3) is 0 Å². The van der Waals surface area contributed by atoms with Crippen LogP contribution in [0.4, 0.5) is 11.5 Å². The standard InChI is InChI=1S/C14H16ClN3O2/c1-18(10-5-4-6-11(7-10)20-3)14-8-12(15)16-13(17-14)9-19-2/h4-8H,9H2,1-3H3. The number of ether oxygens (including phenoxy) is 2. The van der Waals surface area contributed by atoms with Crippen molar-refractivity contribution in [1.29, 1.82) is 0 Å². The highest BCUT2D eigenvalue weighted by molar-refractivity contribution is 6.29. The van der Waals surface area contributed by atoms with E-state index in [1.54, 1.807) is 20.3 Å². The minimum absolute atomic E-state index is 0.319. The van der Waals surface area contributed by atoms with Gasteiger partial charge in [0.1, 0.15) is 23.3 Å². The van der Waals surface area contributed by atoms with E-state index in [1.807, 2.05) is 36.2 Å². The number of benzene rings is 1. The smallest absolute Gasteiger partial charge is 0.158 e. The molecular weight excluding hydrogens is 278 g/mol. The van der Waals surface area contributed by atoms with E-state index < -0.39 is 0 Å². The van der Waals surface area contributed by atoms with Crippen LogP contribution in [0.15, 0.2) is 30.3 Å². The summed E-state index contributed by atoms with van der Waals surface area (Å²) < 4.78 is 10.3. The summed E-state index contributed by atoms with van der Waals surface area (Å²) >= 11 is 6.02. The van der Waals surface area contributed by atoms with Crippen LogP contribution in [0.1, 0.15) is 5.82 Å². The van der Waals surface area contributed by atoms with Crippen LogP contribution >= 0.6 is 11.6 Å². The van der Waals surface area contributed by atoms with E-state index >= 15 is 0 Å². The highest BCUT2D eigenvalue weighted by Gasteiger charge is 2.10.